The number of benzene rings is 3. The SMILES string of the molecule is [2H]C([2H])([2H])[C@@H]1COC(c2cc(Oc3cc4c(cc3C)C(C)(C)c3cc(C(C)(C)C)cc5c6cc(C)cnc6n-4c35)cc(C(C)(C)C)c2)=N1. The standard InChI is InChI=1S/C40H45N3O2/c1-22-12-30-29-17-27(39(7,8)9)18-32-35(29)43(36(30)41-20-22)33-19-34(23(2)13-31(33)40(32,10)11)45-28-15-25(37-42-24(3)21-44-37)14-26(16-28)38(4,5)6/h12-20,24H,21H2,1-11H3/t24-/m1/s1/i3D3. The smallest absolute Gasteiger partial charge is 0.216 e. The molecular formula is C40H45N3O2. The second-order valence-electron chi connectivity index (χ2n) is 15.5. The summed E-state index contributed by atoms with van der Waals surface area (Å²) in [5.74, 6) is 1.73. The summed E-state index contributed by atoms with van der Waals surface area (Å²) in [4.78, 5) is 9.46. The molecule has 2 aromatic heterocycles. The summed E-state index contributed by atoms with van der Waals surface area (Å²) in [6.07, 6.45) is 1.95. The van der Waals surface area contributed by atoms with Crippen molar-refractivity contribution >= 4 is 27.8 Å². The summed E-state index contributed by atoms with van der Waals surface area (Å²) in [6, 6.07) is 16.5. The van der Waals surface area contributed by atoms with E-state index in [4.69, 9.17) is 18.6 Å². The number of nitrogens with zero attached hydrogens (tertiary/aromatic N) is 3. The molecule has 0 aliphatic carbocycles. The molecule has 2 aliphatic rings. The van der Waals surface area contributed by atoms with Crippen molar-refractivity contribution in [3.8, 4) is 17.2 Å². The summed E-state index contributed by atoms with van der Waals surface area (Å²) in [5, 5.41) is 2.37. The Morgan fingerprint density at radius 2 is 1.62 bits per heavy atom. The van der Waals surface area contributed by atoms with Gasteiger partial charge in [-0.1, -0.05) is 61.5 Å². The molecule has 3 aromatic carbocycles. The molecule has 0 saturated heterocycles. The van der Waals surface area contributed by atoms with E-state index in [9.17, 15) is 0 Å². The van der Waals surface area contributed by atoms with Gasteiger partial charge in [-0.15, -0.1) is 0 Å². The lowest BCUT2D eigenvalue weighted by atomic mass is 9.72. The molecule has 0 radical (unpaired) electrons. The van der Waals surface area contributed by atoms with Crippen molar-refractivity contribution in [1.29, 1.82) is 0 Å². The minimum atomic E-state index is -2.22. The van der Waals surface area contributed by atoms with Crippen molar-refractivity contribution in [2.24, 2.45) is 4.99 Å². The Balaban J connectivity index is 1.42. The molecule has 0 bridgehead atoms. The first kappa shape index (κ1) is 26.1. The van der Waals surface area contributed by atoms with Crippen LogP contribution in [0.1, 0.15) is 105 Å². The Morgan fingerprint density at radius 1 is 0.889 bits per heavy atom. The maximum atomic E-state index is 7.83. The first-order valence-electron chi connectivity index (χ1n) is 17.4. The molecule has 4 heterocycles. The van der Waals surface area contributed by atoms with Gasteiger partial charge in [0.2, 0.25) is 5.90 Å². The van der Waals surface area contributed by atoms with Crippen molar-refractivity contribution in [2.75, 3.05) is 6.61 Å². The lowest BCUT2D eigenvalue weighted by molar-refractivity contribution is 0.324. The molecule has 2 aliphatic heterocycles. The van der Waals surface area contributed by atoms with Crippen molar-refractivity contribution < 1.29 is 13.6 Å². The van der Waals surface area contributed by atoms with Crippen LogP contribution in [0.4, 0.5) is 0 Å². The van der Waals surface area contributed by atoms with E-state index in [2.05, 4.69) is 115 Å². The minimum Gasteiger partial charge on any atom is -0.475 e. The van der Waals surface area contributed by atoms with Gasteiger partial charge in [0.25, 0.3) is 0 Å². The maximum Gasteiger partial charge on any atom is 0.216 e. The summed E-state index contributed by atoms with van der Waals surface area (Å²) in [6.45, 7) is 19.9. The van der Waals surface area contributed by atoms with Crippen LogP contribution in [0.15, 0.2) is 59.7 Å². The molecule has 7 rings (SSSR count). The molecule has 5 aromatic rings. The molecule has 1 atom stereocenters. The van der Waals surface area contributed by atoms with E-state index in [1.807, 2.05) is 18.3 Å². The quantitative estimate of drug-likeness (QED) is 0.206. The molecule has 0 amide bonds. The van der Waals surface area contributed by atoms with Crippen molar-refractivity contribution in [2.45, 2.75) is 98.4 Å². The van der Waals surface area contributed by atoms with Crippen LogP contribution in [0.25, 0.3) is 27.6 Å². The molecule has 0 saturated carbocycles. The molecule has 0 unspecified atom stereocenters. The highest BCUT2D eigenvalue weighted by Crippen LogP contribution is 2.50. The number of hydrogen-bond donors (Lipinski definition) is 0. The highest BCUT2D eigenvalue weighted by molar-refractivity contribution is 6.11. The zero-order chi connectivity index (χ0) is 34.7. The van der Waals surface area contributed by atoms with Gasteiger partial charge >= 0.3 is 0 Å². The molecule has 5 nitrogen and oxygen atoms in total. The van der Waals surface area contributed by atoms with E-state index >= 15 is 0 Å². The first-order chi connectivity index (χ1) is 22.2. The average Bonchev–Trinajstić information content (AvgIpc) is 3.60. The Morgan fingerprint density at radius 3 is 2.31 bits per heavy atom. The van der Waals surface area contributed by atoms with E-state index in [1.54, 1.807) is 0 Å². The van der Waals surface area contributed by atoms with Gasteiger partial charge in [-0.05, 0) is 101 Å². The Labute approximate surface area is 271 Å². The fraction of sp³-hybridized carbons (Fsp3) is 0.400. The van der Waals surface area contributed by atoms with Crippen LogP contribution in [0.5, 0.6) is 11.5 Å². The topological polar surface area (TPSA) is 48.6 Å². The van der Waals surface area contributed by atoms with Gasteiger partial charge in [0.1, 0.15) is 23.8 Å². The molecule has 0 spiro atoms. The van der Waals surface area contributed by atoms with Crippen LogP contribution in [-0.2, 0) is 21.0 Å². The molecule has 5 heteroatoms. The van der Waals surface area contributed by atoms with Gasteiger partial charge in [-0.3, -0.25) is 4.57 Å². The van der Waals surface area contributed by atoms with Crippen LogP contribution in [0, 0.1) is 13.8 Å². The van der Waals surface area contributed by atoms with Gasteiger partial charge in [0, 0.05) is 38.1 Å². The predicted molar refractivity (Wildman–Crippen MR) is 186 cm³/mol. The normalized spacial score (nSPS) is 18.7. The third-order valence-electron chi connectivity index (χ3n) is 9.48. The Bertz CT molecular complexity index is 2180. The number of rotatable bonds is 3. The zero-order valence-electron chi connectivity index (χ0n) is 31.1. The lowest BCUT2D eigenvalue weighted by Gasteiger charge is -2.36. The molecule has 232 valence electrons. The average molecular weight is 603 g/mol. The summed E-state index contributed by atoms with van der Waals surface area (Å²) in [7, 11) is 0. The number of fused-ring (bicyclic) bond motifs is 5. The van der Waals surface area contributed by atoms with Crippen molar-refractivity contribution in [3.05, 3.63) is 93.7 Å². The summed E-state index contributed by atoms with van der Waals surface area (Å²) < 4.78 is 38.4. The Kier molecular flexibility index (Phi) is 5.63. The molecule has 0 fully saturated rings. The molecule has 45 heavy (non-hydrogen) atoms. The van der Waals surface area contributed by atoms with E-state index < -0.39 is 12.9 Å². The largest absolute Gasteiger partial charge is 0.475 e. The number of hydrogen-bond acceptors (Lipinski definition) is 4. The highest BCUT2D eigenvalue weighted by Gasteiger charge is 2.37. The van der Waals surface area contributed by atoms with E-state index in [1.165, 1.54) is 27.6 Å². The van der Waals surface area contributed by atoms with Gasteiger partial charge in [0.05, 0.1) is 17.2 Å². The van der Waals surface area contributed by atoms with Crippen LogP contribution in [0.2, 0.25) is 0 Å². The number of aryl methyl sites for hydroxylation is 2. The number of pyridine rings is 1. The van der Waals surface area contributed by atoms with E-state index in [0.717, 1.165) is 39.2 Å². The van der Waals surface area contributed by atoms with Crippen molar-refractivity contribution in [1.82, 2.24) is 9.55 Å². The summed E-state index contributed by atoms with van der Waals surface area (Å²) in [5.41, 5.74) is 10.5. The number of ether oxygens (including phenoxy) is 2. The first-order valence-corrected chi connectivity index (χ1v) is 15.9. The maximum absolute atomic E-state index is 7.83. The van der Waals surface area contributed by atoms with Gasteiger partial charge in [0.15, 0.2) is 0 Å². The second kappa shape index (κ2) is 9.69. The number of aromatic nitrogens is 2. The highest BCUT2D eigenvalue weighted by atomic mass is 16.5. The second-order valence-corrected chi connectivity index (χ2v) is 15.5. The monoisotopic (exact) mass is 602 g/mol. The Hall–Kier alpha value is -4.12. The third-order valence-corrected chi connectivity index (χ3v) is 9.48. The van der Waals surface area contributed by atoms with Crippen molar-refractivity contribution in [3.63, 3.8) is 0 Å². The van der Waals surface area contributed by atoms with Gasteiger partial charge < -0.3 is 9.47 Å². The number of aliphatic imine (C=N–C) groups is 1. The van der Waals surface area contributed by atoms with Crippen LogP contribution >= 0.6 is 0 Å². The molecule has 0 N–H and O–H groups in total. The van der Waals surface area contributed by atoms with Gasteiger partial charge in [-0.25, -0.2) is 9.98 Å². The van der Waals surface area contributed by atoms with Gasteiger partial charge in [-0.2, -0.15) is 0 Å². The van der Waals surface area contributed by atoms with Crippen LogP contribution in [0.3, 0.4) is 0 Å². The minimum absolute atomic E-state index is 0.0104. The third kappa shape index (κ3) is 4.74. The lowest BCUT2D eigenvalue weighted by Crippen LogP contribution is -2.27. The zero-order valence-corrected chi connectivity index (χ0v) is 28.1. The van der Waals surface area contributed by atoms with E-state index in [-0.39, 0.29) is 22.9 Å². The molecular weight excluding hydrogens is 554 g/mol. The van der Waals surface area contributed by atoms with Crippen LogP contribution < -0.4 is 4.74 Å². The predicted octanol–water partition coefficient (Wildman–Crippen LogP) is 9.99. The summed E-state index contributed by atoms with van der Waals surface area (Å²) >= 11 is 0. The fourth-order valence-electron chi connectivity index (χ4n) is 6.76. The van der Waals surface area contributed by atoms with Crippen LogP contribution in [-0.4, -0.2) is 28.1 Å². The fourth-order valence-corrected chi connectivity index (χ4v) is 6.76. The van der Waals surface area contributed by atoms with E-state index in [0.29, 0.717) is 17.2 Å².